The molecule has 0 aliphatic heterocycles. The average molecular weight is 308 g/mol. The molecular formula is C14H16N2O4S. The number of fused-ring (bicyclic) bond motifs is 1. The van der Waals surface area contributed by atoms with E-state index < -0.39 is 17.7 Å². The minimum absolute atomic E-state index is 0.0576. The van der Waals surface area contributed by atoms with Gasteiger partial charge in [-0.05, 0) is 38.5 Å². The van der Waals surface area contributed by atoms with E-state index >= 15 is 0 Å². The van der Waals surface area contributed by atoms with Gasteiger partial charge in [-0.3, -0.25) is 0 Å². The van der Waals surface area contributed by atoms with E-state index in [2.05, 4.69) is 10.3 Å². The van der Waals surface area contributed by atoms with Crippen molar-refractivity contribution in [3.63, 3.8) is 0 Å². The second-order valence-corrected chi connectivity index (χ2v) is 6.51. The molecule has 21 heavy (non-hydrogen) atoms. The van der Waals surface area contributed by atoms with E-state index in [1.54, 1.807) is 32.9 Å². The highest BCUT2D eigenvalue weighted by Gasteiger charge is 2.16. The molecule has 7 heteroatoms. The summed E-state index contributed by atoms with van der Waals surface area (Å²) in [7, 11) is 0. The molecule has 0 saturated carbocycles. The van der Waals surface area contributed by atoms with E-state index in [0.29, 0.717) is 12.1 Å². The SMILES string of the molecule is CC(C)(C)OC(=O)NCc1ccc2nc(C(=O)O)sc2c1. The molecule has 1 aromatic heterocycles. The standard InChI is InChI=1S/C14H16N2O4S/c1-14(2,3)20-13(19)15-7-8-4-5-9-10(6-8)21-11(16-9)12(17)18/h4-6H,7H2,1-3H3,(H,15,19)(H,17,18). The minimum Gasteiger partial charge on any atom is -0.476 e. The van der Waals surface area contributed by atoms with Gasteiger partial charge in [-0.25, -0.2) is 14.6 Å². The van der Waals surface area contributed by atoms with Crippen molar-refractivity contribution in [3.05, 3.63) is 28.8 Å². The number of alkyl carbamates (subject to hydrolysis) is 1. The lowest BCUT2D eigenvalue weighted by molar-refractivity contribution is 0.0523. The van der Waals surface area contributed by atoms with E-state index in [0.717, 1.165) is 21.6 Å². The number of benzene rings is 1. The highest BCUT2D eigenvalue weighted by molar-refractivity contribution is 7.20. The number of nitrogens with zero attached hydrogens (tertiary/aromatic N) is 1. The molecule has 0 radical (unpaired) electrons. The summed E-state index contributed by atoms with van der Waals surface area (Å²) < 4.78 is 5.92. The number of carboxylic acid groups (broad SMARTS) is 1. The van der Waals surface area contributed by atoms with Gasteiger partial charge in [0, 0.05) is 6.54 Å². The van der Waals surface area contributed by atoms with Crippen molar-refractivity contribution in [2.24, 2.45) is 0 Å². The van der Waals surface area contributed by atoms with Gasteiger partial charge < -0.3 is 15.2 Å². The Kier molecular flexibility index (Phi) is 4.13. The molecule has 1 heterocycles. The lowest BCUT2D eigenvalue weighted by atomic mass is 10.2. The molecule has 2 N–H and O–H groups in total. The summed E-state index contributed by atoms with van der Waals surface area (Å²) >= 11 is 1.11. The molecule has 1 amide bonds. The monoisotopic (exact) mass is 308 g/mol. The van der Waals surface area contributed by atoms with Gasteiger partial charge in [-0.2, -0.15) is 0 Å². The topological polar surface area (TPSA) is 88.5 Å². The van der Waals surface area contributed by atoms with Gasteiger partial charge in [0.2, 0.25) is 5.01 Å². The lowest BCUT2D eigenvalue weighted by Crippen LogP contribution is -2.32. The number of carboxylic acids is 1. The van der Waals surface area contributed by atoms with Crippen molar-refractivity contribution in [1.29, 1.82) is 0 Å². The van der Waals surface area contributed by atoms with Crippen LogP contribution in [-0.4, -0.2) is 27.8 Å². The van der Waals surface area contributed by atoms with Crippen LogP contribution in [0.5, 0.6) is 0 Å². The van der Waals surface area contributed by atoms with Gasteiger partial charge in [-0.15, -0.1) is 11.3 Å². The van der Waals surface area contributed by atoms with E-state index in [1.807, 2.05) is 6.07 Å². The zero-order chi connectivity index (χ0) is 15.6. The van der Waals surface area contributed by atoms with Gasteiger partial charge in [-0.1, -0.05) is 6.07 Å². The first-order chi connectivity index (χ1) is 9.74. The third kappa shape index (κ3) is 4.16. The Morgan fingerprint density at radius 3 is 2.71 bits per heavy atom. The summed E-state index contributed by atoms with van der Waals surface area (Å²) in [5.74, 6) is -1.04. The second kappa shape index (κ2) is 5.69. The summed E-state index contributed by atoms with van der Waals surface area (Å²) in [5, 5.41) is 11.6. The molecule has 2 aromatic rings. The molecule has 6 nitrogen and oxygen atoms in total. The number of carbonyl (C=O) groups is 2. The van der Waals surface area contributed by atoms with Crippen molar-refractivity contribution >= 4 is 33.6 Å². The Hall–Kier alpha value is -2.15. The lowest BCUT2D eigenvalue weighted by Gasteiger charge is -2.19. The number of aromatic nitrogens is 1. The molecule has 0 aliphatic carbocycles. The Labute approximate surface area is 125 Å². The molecule has 0 fully saturated rings. The first kappa shape index (κ1) is 15.2. The molecule has 0 unspecified atom stereocenters. The van der Waals surface area contributed by atoms with Crippen LogP contribution < -0.4 is 5.32 Å². The van der Waals surface area contributed by atoms with Crippen LogP contribution >= 0.6 is 11.3 Å². The third-order valence-electron chi connectivity index (χ3n) is 2.47. The van der Waals surface area contributed by atoms with Crippen molar-refractivity contribution in [3.8, 4) is 0 Å². The van der Waals surface area contributed by atoms with Gasteiger partial charge in [0.15, 0.2) is 0 Å². The highest BCUT2D eigenvalue weighted by Crippen LogP contribution is 2.23. The maximum Gasteiger partial charge on any atom is 0.407 e. The first-order valence-electron chi connectivity index (χ1n) is 6.34. The van der Waals surface area contributed by atoms with E-state index in [4.69, 9.17) is 9.84 Å². The zero-order valence-electron chi connectivity index (χ0n) is 12.0. The normalized spacial score (nSPS) is 11.4. The number of hydrogen-bond donors (Lipinski definition) is 2. The molecule has 2 rings (SSSR count). The zero-order valence-corrected chi connectivity index (χ0v) is 12.8. The number of amides is 1. The summed E-state index contributed by atoms with van der Waals surface area (Å²) in [6, 6.07) is 5.35. The maximum atomic E-state index is 11.6. The van der Waals surface area contributed by atoms with Crippen LogP contribution in [0, 0.1) is 0 Å². The van der Waals surface area contributed by atoms with Crippen LogP contribution in [0.1, 0.15) is 36.1 Å². The van der Waals surface area contributed by atoms with Crippen LogP contribution in [-0.2, 0) is 11.3 Å². The predicted octanol–water partition coefficient (Wildman–Crippen LogP) is 3.02. The smallest absolute Gasteiger partial charge is 0.407 e. The molecule has 1 aromatic carbocycles. The van der Waals surface area contributed by atoms with E-state index in [-0.39, 0.29) is 5.01 Å². The summed E-state index contributed by atoms with van der Waals surface area (Å²) in [6.07, 6.45) is -0.488. The van der Waals surface area contributed by atoms with Gasteiger partial charge in [0.25, 0.3) is 0 Å². The number of aromatic carboxylic acids is 1. The van der Waals surface area contributed by atoms with E-state index in [1.165, 1.54) is 0 Å². The van der Waals surface area contributed by atoms with Crippen molar-refractivity contribution in [2.45, 2.75) is 32.9 Å². The molecule has 112 valence electrons. The fraction of sp³-hybridized carbons (Fsp3) is 0.357. The fourth-order valence-electron chi connectivity index (χ4n) is 1.66. The Balaban J connectivity index is 2.06. The maximum absolute atomic E-state index is 11.6. The van der Waals surface area contributed by atoms with Gasteiger partial charge in [0.1, 0.15) is 5.60 Å². The molecular weight excluding hydrogens is 292 g/mol. The summed E-state index contributed by atoms with van der Waals surface area (Å²) in [6.45, 7) is 5.70. The molecule has 0 aliphatic rings. The van der Waals surface area contributed by atoms with Gasteiger partial charge in [0.05, 0.1) is 10.2 Å². The number of thiazole rings is 1. The Morgan fingerprint density at radius 1 is 1.38 bits per heavy atom. The molecule has 0 atom stereocenters. The molecule has 0 saturated heterocycles. The van der Waals surface area contributed by atoms with E-state index in [9.17, 15) is 9.59 Å². The number of hydrogen-bond acceptors (Lipinski definition) is 5. The fourth-order valence-corrected chi connectivity index (χ4v) is 2.53. The predicted molar refractivity (Wildman–Crippen MR) is 79.7 cm³/mol. The first-order valence-corrected chi connectivity index (χ1v) is 7.16. The number of rotatable bonds is 3. The second-order valence-electron chi connectivity index (χ2n) is 5.48. The third-order valence-corrected chi connectivity index (χ3v) is 3.48. The Bertz CT molecular complexity index is 688. The van der Waals surface area contributed by atoms with Gasteiger partial charge >= 0.3 is 12.1 Å². The molecule has 0 bridgehead atoms. The highest BCUT2D eigenvalue weighted by atomic mass is 32.1. The Morgan fingerprint density at radius 2 is 2.10 bits per heavy atom. The van der Waals surface area contributed by atoms with Crippen molar-refractivity contribution in [1.82, 2.24) is 10.3 Å². The summed E-state index contributed by atoms with van der Waals surface area (Å²) in [4.78, 5) is 26.4. The van der Waals surface area contributed by atoms with Crippen molar-refractivity contribution in [2.75, 3.05) is 0 Å². The average Bonchev–Trinajstić information content (AvgIpc) is 2.77. The van der Waals surface area contributed by atoms with Crippen LogP contribution in [0.15, 0.2) is 18.2 Å². The van der Waals surface area contributed by atoms with Crippen LogP contribution in [0.25, 0.3) is 10.2 Å². The number of ether oxygens (including phenoxy) is 1. The molecule has 0 spiro atoms. The largest absolute Gasteiger partial charge is 0.476 e. The van der Waals surface area contributed by atoms with Crippen LogP contribution in [0.3, 0.4) is 0 Å². The quantitative estimate of drug-likeness (QED) is 0.910. The minimum atomic E-state index is -1.04. The van der Waals surface area contributed by atoms with Crippen LogP contribution in [0.2, 0.25) is 0 Å². The van der Waals surface area contributed by atoms with Crippen LogP contribution in [0.4, 0.5) is 4.79 Å². The number of nitrogens with one attached hydrogen (secondary N) is 1. The van der Waals surface area contributed by atoms with Crippen molar-refractivity contribution < 1.29 is 19.4 Å². The summed E-state index contributed by atoms with van der Waals surface area (Å²) in [5.41, 5.74) is 0.953. The number of carbonyl (C=O) groups excluding carboxylic acids is 1.